The normalized spacial score (nSPS) is 13.9. The number of aryl methyl sites for hydroxylation is 1. The molecule has 1 heterocycles. The Hall–Kier alpha value is -3.15. The number of aromatic nitrogens is 1. The van der Waals surface area contributed by atoms with E-state index in [4.69, 9.17) is 0 Å². The van der Waals surface area contributed by atoms with Crippen LogP contribution in [0.25, 0.3) is 16.6 Å². The maximum Gasteiger partial charge on any atom is 0.341 e. The molecule has 0 amide bonds. The zero-order valence-corrected chi connectivity index (χ0v) is 14.0. The van der Waals surface area contributed by atoms with Gasteiger partial charge in [-0.15, -0.1) is 0 Å². The number of rotatable bonds is 3. The van der Waals surface area contributed by atoms with Crippen LogP contribution in [0, 0.1) is 12.7 Å². The van der Waals surface area contributed by atoms with E-state index >= 15 is 0 Å². The average molecular weight is 353 g/mol. The highest BCUT2D eigenvalue weighted by Crippen LogP contribution is 2.44. The lowest BCUT2D eigenvalue weighted by Gasteiger charge is -2.17. The fourth-order valence-corrected chi connectivity index (χ4v) is 3.50. The predicted octanol–water partition coefficient (Wildman–Crippen LogP) is 3.72. The number of halogens is 1. The quantitative estimate of drug-likeness (QED) is 0.752. The van der Waals surface area contributed by atoms with E-state index in [0.717, 1.165) is 18.9 Å². The van der Waals surface area contributed by atoms with E-state index in [-0.39, 0.29) is 17.1 Å². The maximum atomic E-state index is 14.6. The summed E-state index contributed by atoms with van der Waals surface area (Å²) in [6, 6.07) is 7.33. The molecular formula is C20H16FNO4. The van der Waals surface area contributed by atoms with Crippen molar-refractivity contribution >= 4 is 16.9 Å². The van der Waals surface area contributed by atoms with Crippen LogP contribution in [0.1, 0.15) is 40.2 Å². The minimum absolute atomic E-state index is 0.0392. The molecule has 1 aliphatic carbocycles. The summed E-state index contributed by atoms with van der Waals surface area (Å²) in [7, 11) is 0. The number of carbonyl (C=O) groups is 1. The molecule has 0 spiro atoms. The molecule has 0 saturated heterocycles. The molecule has 2 N–H and O–H groups in total. The van der Waals surface area contributed by atoms with E-state index in [1.165, 1.54) is 18.3 Å². The summed E-state index contributed by atoms with van der Waals surface area (Å²) in [6.07, 6.45) is 3.07. The first-order valence-electron chi connectivity index (χ1n) is 8.29. The largest absolute Gasteiger partial charge is 0.508 e. The Balaban J connectivity index is 2.16. The summed E-state index contributed by atoms with van der Waals surface area (Å²) in [5.41, 5.74) is 1.17. The van der Waals surface area contributed by atoms with E-state index in [1.54, 1.807) is 23.6 Å². The fourth-order valence-electron chi connectivity index (χ4n) is 3.50. The smallest absolute Gasteiger partial charge is 0.341 e. The lowest BCUT2D eigenvalue weighted by atomic mass is 9.98. The van der Waals surface area contributed by atoms with Crippen molar-refractivity contribution in [1.82, 2.24) is 4.57 Å². The number of pyridine rings is 1. The first-order valence-corrected chi connectivity index (χ1v) is 8.29. The standard InChI is InChI=1S/C20H16FNO4/c1-10-17(11-2-3-11)16(21)8-14-18(10)22(9-15(19(14)24)20(25)26)12-4-6-13(23)7-5-12/h4-9,11,23H,2-3H2,1H3,(H,25,26). The minimum Gasteiger partial charge on any atom is -0.508 e. The number of carboxylic acids is 1. The number of benzene rings is 2. The lowest BCUT2D eigenvalue weighted by molar-refractivity contribution is 0.0695. The molecule has 132 valence electrons. The van der Waals surface area contributed by atoms with Crippen LogP contribution in [0.15, 0.2) is 41.3 Å². The molecule has 26 heavy (non-hydrogen) atoms. The molecule has 0 radical (unpaired) electrons. The van der Waals surface area contributed by atoms with E-state index < -0.39 is 22.8 Å². The van der Waals surface area contributed by atoms with Crippen LogP contribution < -0.4 is 5.43 Å². The molecule has 2 aromatic carbocycles. The van der Waals surface area contributed by atoms with Crippen molar-refractivity contribution in [2.45, 2.75) is 25.7 Å². The first-order chi connectivity index (χ1) is 12.4. The monoisotopic (exact) mass is 353 g/mol. The van der Waals surface area contributed by atoms with Crippen LogP contribution in [0.2, 0.25) is 0 Å². The van der Waals surface area contributed by atoms with Gasteiger partial charge in [0.15, 0.2) is 0 Å². The highest BCUT2D eigenvalue weighted by atomic mass is 19.1. The molecule has 3 aromatic rings. The molecule has 0 unspecified atom stereocenters. The van der Waals surface area contributed by atoms with E-state index in [0.29, 0.717) is 22.3 Å². The SMILES string of the molecule is Cc1c(C2CC2)c(F)cc2c(=O)c(C(=O)O)cn(-c3ccc(O)cc3)c12. The summed E-state index contributed by atoms with van der Waals surface area (Å²) in [5.74, 6) is -1.62. The second kappa shape index (κ2) is 5.69. The van der Waals surface area contributed by atoms with Crippen molar-refractivity contribution in [2.75, 3.05) is 0 Å². The summed E-state index contributed by atoms with van der Waals surface area (Å²) in [5, 5.41) is 18.9. The molecule has 0 bridgehead atoms. The molecule has 1 aromatic heterocycles. The Morgan fingerprint density at radius 3 is 2.46 bits per heavy atom. The lowest BCUT2D eigenvalue weighted by Crippen LogP contribution is -2.19. The minimum atomic E-state index is -1.37. The molecule has 1 aliphatic rings. The van der Waals surface area contributed by atoms with Crippen LogP contribution in [-0.4, -0.2) is 20.7 Å². The highest BCUT2D eigenvalue weighted by molar-refractivity contribution is 5.94. The predicted molar refractivity (Wildman–Crippen MR) is 94.8 cm³/mol. The van der Waals surface area contributed by atoms with Crippen LogP contribution >= 0.6 is 0 Å². The fraction of sp³-hybridized carbons (Fsp3) is 0.200. The van der Waals surface area contributed by atoms with Gasteiger partial charge in [-0.05, 0) is 67.1 Å². The number of phenols is 1. The number of aromatic carboxylic acids is 1. The van der Waals surface area contributed by atoms with E-state index in [2.05, 4.69) is 0 Å². The second-order valence-electron chi connectivity index (χ2n) is 6.63. The van der Waals surface area contributed by atoms with Crippen LogP contribution in [0.5, 0.6) is 5.75 Å². The van der Waals surface area contributed by atoms with Gasteiger partial charge in [0.05, 0.1) is 10.9 Å². The Morgan fingerprint density at radius 2 is 1.88 bits per heavy atom. The first kappa shape index (κ1) is 16.3. The van der Waals surface area contributed by atoms with Crippen molar-refractivity contribution in [1.29, 1.82) is 0 Å². The summed E-state index contributed by atoms with van der Waals surface area (Å²) in [4.78, 5) is 24.1. The summed E-state index contributed by atoms with van der Waals surface area (Å²) >= 11 is 0. The average Bonchev–Trinajstić information content (AvgIpc) is 3.41. The number of aromatic hydroxyl groups is 1. The van der Waals surface area contributed by atoms with Crippen molar-refractivity contribution in [3.63, 3.8) is 0 Å². The van der Waals surface area contributed by atoms with Gasteiger partial charge < -0.3 is 14.8 Å². The third-order valence-corrected chi connectivity index (χ3v) is 4.87. The molecule has 1 saturated carbocycles. The van der Waals surface area contributed by atoms with Gasteiger partial charge in [-0.25, -0.2) is 9.18 Å². The van der Waals surface area contributed by atoms with Crippen LogP contribution in [-0.2, 0) is 0 Å². The van der Waals surface area contributed by atoms with Crippen molar-refractivity contribution in [2.24, 2.45) is 0 Å². The van der Waals surface area contributed by atoms with Gasteiger partial charge in [0, 0.05) is 11.9 Å². The molecule has 0 atom stereocenters. The summed E-state index contributed by atoms with van der Waals surface area (Å²) < 4.78 is 16.2. The van der Waals surface area contributed by atoms with Gasteiger partial charge in [-0.2, -0.15) is 0 Å². The zero-order valence-electron chi connectivity index (χ0n) is 14.0. The molecular weight excluding hydrogens is 337 g/mol. The third kappa shape index (κ3) is 2.45. The Labute approximate surface area is 147 Å². The molecule has 1 fully saturated rings. The second-order valence-corrected chi connectivity index (χ2v) is 6.63. The van der Waals surface area contributed by atoms with Crippen LogP contribution in [0.4, 0.5) is 4.39 Å². The van der Waals surface area contributed by atoms with Gasteiger partial charge >= 0.3 is 5.97 Å². The van der Waals surface area contributed by atoms with E-state index in [1.807, 2.05) is 0 Å². The zero-order chi connectivity index (χ0) is 18.6. The molecule has 5 nitrogen and oxygen atoms in total. The number of nitrogens with zero attached hydrogens (tertiary/aromatic N) is 1. The van der Waals surface area contributed by atoms with Gasteiger partial charge in [0.25, 0.3) is 0 Å². The third-order valence-electron chi connectivity index (χ3n) is 4.87. The van der Waals surface area contributed by atoms with Gasteiger partial charge in [-0.3, -0.25) is 4.79 Å². The Morgan fingerprint density at radius 1 is 1.23 bits per heavy atom. The van der Waals surface area contributed by atoms with E-state index in [9.17, 15) is 24.2 Å². The molecule has 4 rings (SSSR count). The Kier molecular flexibility index (Phi) is 3.57. The van der Waals surface area contributed by atoms with Gasteiger partial charge in [-0.1, -0.05) is 0 Å². The number of carboxylic acid groups (broad SMARTS) is 1. The number of hydrogen-bond donors (Lipinski definition) is 2. The number of phenolic OH excluding ortho intramolecular Hbond substituents is 1. The van der Waals surface area contributed by atoms with Crippen LogP contribution in [0.3, 0.4) is 0 Å². The van der Waals surface area contributed by atoms with Gasteiger partial charge in [0.2, 0.25) is 5.43 Å². The maximum absolute atomic E-state index is 14.6. The van der Waals surface area contributed by atoms with Crippen molar-refractivity contribution in [3.8, 4) is 11.4 Å². The number of fused-ring (bicyclic) bond motifs is 1. The molecule has 0 aliphatic heterocycles. The topological polar surface area (TPSA) is 79.5 Å². The molecule has 6 heteroatoms. The van der Waals surface area contributed by atoms with Gasteiger partial charge in [0.1, 0.15) is 17.1 Å². The van der Waals surface area contributed by atoms with Crippen molar-refractivity contribution < 1.29 is 19.4 Å². The highest BCUT2D eigenvalue weighted by Gasteiger charge is 2.30. The number of hydrogen-bond acceptors (Lipinski definition) is 3. The Bertz CT molecular complexity index is 1110. The van der Waals surface area contributed by atoms with Crippen molar-refractivity contribution in [3.05, 3.63) is 69.3 Å². The summed E-state index contributed by atoms with van der Waals surface area (Å²) in [6.45, 7) is 1.76.